The normalized spacial score (nSPS) is 15.5. The summed E-state index contributed by atoms with van der Waals surface area (Å²) in [6, 6.07) is 20.1. The van der Waals surface area contributed by atoms with E-state index in [0.29, 0.717) is 17.0 Å². The standard InChI is InChI=1S/C25H27N5O2/c1-18(2)32-25(31)20(16-26)23-24(28-22-11-7-6-10-21(22)27-23)30-14-12-29(13-15-30)17-19-8-4-3-5-9-19/h3-11,18,20H,12-15,17H2,1-2H3/p+1/t20-/m0/s1. The first kappa shape index (κ1) is 21.7. The number of anilines is 1. The van der Waals surface area contributed by atoms with Gasteiger partial charge in [0.2, 0.25) is 0 Å². The van der Waals surface area contributed by atoms with Gasteiger partial charge in [-0.05, 0) is 26.0 Å². The Morgan fingerprint density at radius 1 is 1.06 bits per heavy atom. The fourth-order valence-corrected chi connectivity index (χ4v) is 4.05. The van der Waals surface area contributed by atoms with E-state index in [0.717, 1.165) is 38.2 Å². The number of para-hydroxylation sites is 2. The summed E-state index contributed by atoms with van der Waals surface area (Å²) in [5.74, 6) is -1.09. The Labute approximate surface area is 188 Å². The number of esters is 1. The molecule has 0 radical (unpaired) electrons. The third-order valence-corrected chi connectivity index (χ3v) is 5.64. The van der Waals surface area contributed by atoms with E-state index >= 15 is 0 Å². The maximum atomic E-state index is 12.7. The molecule has 0 saturated carbocycles. The first-order valence-corrected chi connectivity index (χ1v) is 11.0. The van der Waals surface area contributed by atoms with Crippen molar-refractivity contribution in [3.05, 3.63) is 65.9 Å². The third kappa shape index (κ3) is 4.87. The summed E-state index contributed by atoms with van der Waals surface area (Å²) in [6.45, 7) is 7.96. The van der Waals surface area contributed by atoms with E-state index in [1.807, 2.05) is 30.3 Å². The van der Waals surface area contributed by atoms with Crippen molar-refractivity contribution in [2.75, 3.05) is 31.1 Å². The van der Waals surface area contributed by atoms with Crippen LogP contribution in [0.15, 0.2) is 54.6 Å². The van der Waals surface area contributed by atoms with Gasteiger partial charge in [0.25, 0.3) is 0 Å². The average Bonchev–Trinajstić information content (AvgIpc) is 2.80. The minimum absolute atomic E-state index is 0.305. The van der Waals surface area contributed by atoms with Gasteiger partial charge < -0.3 is 14.5 Å². The molecule has 7 nitrogen and oxygen atoms in total. The zero-order valence-corrected chi connectivity index (χ0v) is 18.5. The summed E-state index contributed by atoms with van der Waals surface area (Å²) < 4.78 is 5.34. The topological polar surface area (TPSA) is 83.5 Å². The number of nitriles is 1. The van der Waals surface area contributed by atoms with Crippen molar-refractivity contribution in [1.29, 1.82) is 5.26 Å². The van der Waals surface area contributed by atoms with Gasteiger partial charge in [-0.15, -0.1) is 0 Å². The molecule has 1 aliphatic heterocycles. The van der Waals surface area contributed by atoms with Crippen LogP contribution in [0.4, 0.5) is 5.82 Å². The van der Waals surface area contributed by atoms with E-state index in [9.17, 15) is 10.1 Å². The molecule has 164 valence electrons. The molecule has 1 aromatic heterocycles. The van der Waals surface area contributed by atoms with E-state index in [4.69, 9.17) is 14.7 Å². The minimum atomic E-state index is -1.11. The molecule has 0 spiro atoms. The van der Waals surface area contributed by atoms with E-state index in [1.54, 1.807) is 13.8 Å². The second kappa shape index (κ2) is 9.75. The smallest absolute Gasteiger partial charge is 0.329 e. The highest BCUT2D eigenvalue weighted by atomic mass is 16.5. The molecular weight excluding hydrogens is 402 g/mol. The lowest BCUT2D eigenvalue weighted by molar-refractivity contribution is -0.914. The monoisotopic (exact) mass is 430 g/mol. The molecular formula is C25H28N5O2+. The van der Waals surface area contributed by atoms with Crippen LogP contribution in [0.1, 0.15) is 31.0 Å². The predicted molar refractivity (Wildman–Crippen MR) is 122 cm³/mol. The van der Waals surface area contributed by atoms with Crippen molar-refractivity contribution in [2.45, 2.75) is 32.4 Å². The molecule has 1 fully saturated rings. The second-order valence-corrected chi connectivity index (χ2v) is 8.37. The van der Waals surface area contributed by atoms with Crippen LogP contribution >= 0.6 is 0 Å². The number of aromatic nitrogens is 2. The number of hydrogen-bond donors (Lipinski definition) is 1. The largest absolute Gasteiger partial charge is 0.462 e. The predicted octanol–water partition coefficient (Wildman–Crippen LogP) is 2.09. The maximum absolute atomic E-state index is 12.7. The van der Waals surface area contributed by atoms with Gasteiger partial charge in [0, 0.05) is 5.56 Å². The number of ether oxygens (including phenoxy) is 1. The lowest BCUT2D eigenvalue weighted by Crippen LogP contribution is -3.13. The first-order chi connectivity index (χ1) is 15.5. The molecule has 3 aromatic rings. The Morgan fingerprint density at radius 3 is 2.31 bits per heavy atom. The number of nitrogens with one attached hydrogen (secondary N) is 1. The van der Waals surface area contributed by atoms with Gasteiger partial charge in [-0.3, -0.25) is 4.79 Å². The molecule has 4 rings (SSSR count). The van der Waals surface area contributed by atoms with Gasteiger partial charge in [0.15, 0.2) is 11.7 Å². The van der Waals surface area contributed by atoms with Crippen molar-refractivity contribution >= 4 is 22.8 Å². The molecule has 0 amide bonds. The van der Waals surface area contributed by atoms with E-state index in [2.05, 4.69) is 35.2 Å². The van der Waals surface area contributed by atoms with Crippen LogP contribution in [0, 0.1) is 11.3 Å². The van der Waals surface area contributed by atoms with Crippen LogP contribution in [-0.2, 0) is 16.1 Å². The van der Waals surface area contributed by atoms with Crippen LogP contribution in [-0.4, -0.2) is 48.2 Å². The van der Waals surface area contributed by atoms with Gasteiger partial charge >= 0.3 is 5.97 Å². The highest BCUT2D eigenvalue weighted by Gasteiger charge is 2.32. The Balaban J connectivity index is 1.60. The van der Waals surface area contributed by atoms with Gasteiger partial charge in [0.05, 0.1) is 49.4 Å². The number of carbonyl (C=O) groups is 1. The molecule has 1 aliphatic rings. The summed E-state index contributed by atoms with van der Waals surface area (Å²) >= 11 is 0. The number of rotatable bonds is 6. The van der Waals surface area contributed by atoms with Gasteiger partial charge in [0.1, 0.15) is 12.2 Å². The molecule has 2 heterocycles. The number of benzene rings is 2. The SMILES string of the molecule is CC(C)OC(=O)[C@@H](C#N)c1nc2ccccc2nc1N1CC[NH+](Cc2ccccc2)CC1. The molecule has 0 unspecified atom stereocenters. The fraction of sp³-hybridized carbons (Fsp3) is 0.360. The van der Waals surface area contributed by atoms with E-state index < -0.39 is 11.9 Å². The highest BCUT2D eigenvalue weighted by Crippen LogP contribution is 2.28. The fourth-order valence-electron chi connectivity index (χ4n) is 4.05. The molecule has 1 N–H and O–H groups in total. The molecule has 0 bridgehead atoms. The molecule has 7 heteroatoms. The van der Waals surface area contributed by atoms with E-state index in [-0.39, 0.29) is 6.10 Å². The van der Waals surface area contributed by atoms with Crippen LogP contribution in [0.3, 0.4) is 0 Å². The molecule has 2 aromatic carbocycles. The summed E-state index contributed by atoms with van der Waals surface area (Å²) in [7, 11) is 0. The number of carbonyl (C=O) groups excluding carboxylic acids is 1. The molecule has 1 atom stereocenters. The number of nitrogens with zero attached hydrogens (tertiary/aromatic N) is 4. The molecule has 32 heavy (non-hydrogen) atoms. The Bertz CT molecular complexity index is 1120. The maximum Gasteiger partial charge on any atom is 0.329 e. The highest BCUT2D eigenvalue weighted by molar-refractivity contribution is 5.85. The second-order valence-electron chi connectivity index (χ2n) is 8.37. The minimum Gasteiger partial charge on any atom is -0.462 e. The van der Waals surface area contributed by atoms with Crippen LogP contribution < -0.4 is 9.80 Å². The third-order valence-electron chi connectivity index (χ3n) is 5.64. The van der Waals surface area contributed by atoms with Crippen molar-refractivity contribution < 1.29 is 14.4 Å². The molecule has 0 aliphatic carbocycles. The van der Waals surface area contributed by atoms with Gasteiger partial charge in [-0.1, -0.05) is 42.5 Å². The van der Waals surface area contributed by atoms with Crippen LogP contribution in [0.2, 0.25) is 0 Å². The number of piperazine rings is 1. The first-order valence-electron chi connectivity index (χ1n) is 11.0. The van der Waals surface area contributed by atoms with Crippen molar-refractivity contribution in [2.24, 2.45) is 0 Å². The van der Waals surface area contributed by atoms with Gasteiger partial charge in [-0.2, -0.15) is 5.26 Å². The van der Waals surface area contributed by atoms with E-state index in [1.165, 1.54) is 10.5 Å². The van der Waals surface area contributed by atoms with Gasteiger partial charge in [-0.25, -0.2) is 9.97 Å². The lowest BCUT2D eigenvalue weighted by atomic mass is 10.1. The summed E-state index contributed by atoms with van der Waals surface area (Å²) in [6.07, 6.45) is -0.305. The van der Waals surface area contributed by atoms with Crippen molar-refractivity contribution in [3.8, 4) is 6.07 Å². The van der Waals surface area contributed by atoms with Crippen LogP contribution in [0.5, 0.6) is 0 Å². The zero-order valence-electron chi connectivity index (χ0n) is 18.5. The Kier molecular flexibility index (Phi) is 6.62. The number of hydrogen-bond acceptors (Lipinski definition) is 6. The van der Waals surface area contributed by atoms with Crippen LogP contribution in [0.25, 0.3) is 11.0 Å². The summed E-state index contributed by atoms with van der Waals surface area (Å²) in [4.78, 5) is 25.9. The van der Waals surface area contributed by atoms with Crippen molar-refractivity contribution in [3.63, 3.8) is 0 Å². The summed E-state index contributed by atoms with van der Waals surface area (Å²) in [5, 5.41) is 9.82. The lowest BCUT2D eigenvalue weighted by Gasteiger charge is -2.34. The Morgan fingerprint density at radius 2 is 1.69 bits per heavy atom. The van der Waals surface area contributed by atoms with Crippen molar-refractivity contribution in [1.82, 2.24) is 9.97 Å². The quantitative estimate of drug-likeness (QED) is 0.603. The number of fused-ring (bicyclic) bond motifs is 1. The number of quaternary nitrogens is 1. The zero-order chi connectivity index (χ0) is 22.5. The Hall–Kier alpha value is -3.50. The molecule has 1 saturated heterocycles. The average molecular weight is 431 g/mol. The summed E-state index contributed by atoms with van der Waals surface area (Å²) in [5.41, 5.74) is 3.11.